The number of unbranched alkanes of at least 4 members (excludes halogenated alkanes) is 4. The summed E-state index contributed by atoms with van der Waals surface area (Å²) in [5.74, 6) is 0. The molecule has 0 amide bonds. The molecule has 0 saturated heterocycles. The van der Waals surface area contributed by atoms with Crippen molar-refractivity contribution in [1.29, 1.82) is 0 Å². The predicted octanol–water partition coefficient (Wildman–Crippen LogP) is 4.78. The van der Waals surface area contributed by atoms with Gasteiger partial charge in [-0.05, 0) is 24.5 Å². The number of benzene rings is 1. The van der Waals surface area contributed by atoms with E-state index >= 15 is 0 Å². The predicted molar refractivity (Wildman–Crippen MR) is 73.4 cm³/mol. The van der Waals surface area contributed by atoms with E-state index < -0.39 is 0 Å². The summed E-state index contributed by atoms with van der Waals surface area (Å²) in [6.45, 7) is 2.25. The van der Waals surface area contributed by atoms with Gasteiger partial charge in [0.05, 0.1) is 0 Å². The third kappa shape index (κ3) is 4.52. The Morgan fingerprint density at radius 1 is 1.00 bits per heavy atom. The molecule has 1 aromatic carbocycles. The van der Waals surface area contributed by atoms with Crippen molar-refractivity contribution in [2.75, 3.05) is 0 Å². The van der Waals surface area contributed by atoms with Crippen molar-refractivity contribution in [2.24, 2.45) is 0 Å². The van der Waals surface area contributed by atoms with Crippen molar-refractivity contribution in [2.45, 2.75) is 55.2 Å². The zero-order valence-corrected chi connectivity index (χ0v) is 11.2. The van der Waals surface area contributed by atoms with Crippen molar-refractivity contribution in [1.82, 2.24) is 0 Å². The molecule has 15 heavy (non-hydrogen) atoms. The second kappa shape index (κ2) is 7.24. The van der Waals surface area contributed by atoms with Crippen LogP contribution in [0.25, 0.3) is 0 Å². The number of hydrogen-bond donors (Lipinski definition) is 2. The first-order valence-electron chi connectivity index (χ1n) is 5.75. The summed E-state index contributed by atoms with van der Waals surface area (Å²) >= 11 is 8.85. The van der Waals surface area contributed by atoms with Gasteiger partial charge in [0.2, 0.25) is 0 Å². The molecule has 0 unspecified atom stereocenters. The van der Waals surface area contributed by atoms with E-state index in [4.69, 9.17) is 0 Å². The normalized spacial score (nSPS) is 10.6. The molecule has 0 nitrogen and oxygen atoms in total. The average molecular weight is 240 g/mol. The number of rotatable bonds is 6. The molecule has 0 radical (unpaired) electrons. The monoisotopic (exact) mass is 240 g/mol. The first-order valence-corrected chi connectivity index (χ1v) is 6.65. The van der Waals surface area contributed by atoms with Crippen molar-refractivity contribution >= 4 is 25.3 Å². The molecule has 0 fully saturated rings. The largest absolute Gasteiger partial charge is 0.142 e. The number of thiol groups is 2. The summed E-state index contributed by atoms with van der Waals surface area (Å²) in [6, 6.07) is 6.21. The standard InChI is InChI=1S/C13H20S2/c1-2-3-4-5-6-8-11-9-7-10-12(14)13(11)15/h7,9-10,14-15H,2-6,8H2,1H3. The van der Waals surface area contributed by atoms with Gasteiger partial charge in [0, 0.05) is 9.79 Å². The smallest absolute Gasteiger partial charge is 0.0206 e. The lowest BCUT2D eigenvalue weighted by molar-refractivity contribution is 0.629. The highest BCUT2D eigenvalue weighted by molar-refractivity contribution is 7.83. The Morgan fingerprint density at radius 2 is 1.73 bits per heavy atom. The van der Waals surface area contributed by atoms with Gasteiger partial charge in [-0.1, -0.05) is 44.7 Å². The van der Waals surface area contributed by atoms with Crippen LogP contribution in [0.1, 0.15) is 44.6 Å². The third-order valence-electron chi connectivity index (χ3n) is 2.65. The van der Waals surface area contributed by atoms with E-state index in [0.29, 0.717) is 0 Å². The van der Waals surface area contributed by atoms with Crippen molar-refractivity contribution in [3.63, 3.8) is 0 Å². The highest BCUT2D eigenvalue weighted by atomic mass is 32.1. The van der Waals surface area contributed by atoms with Crippen LogP contribution < -0.4 is 0 Å². The molecular formula is C13H20S2. The Morgan fingerprint density at radius 3 is 2.47 bits per heavy atom. The van der Waals surface area contributed by atoms with Gasteiger partial charge in [0.25, 0.3) is 0 Å². The highest BCUT2D eigenvalue weighted by Gasteiger charge is 2.01. The van der Waals surface area contributed by atoms with Crippen molar-refractivity contribution in [3.8, 4) is 0 Å². The Kier molecular flexibility index (Phi) is 6.26. The van der Waals surface area contributed by atoms with Crippen molar-refractivity contribution < 1.29 is 0 Å². The maximum Gasteiger partial charge on any atom is 0.0206 e. The van der Waals surface area contributed by atoms with Gasteiger partial charge in [-0.3, -0.25) is 0 Å². The number of aryl methyl sites for hydroxylation is 1. The molecule has 0 aromatic heterocycles. The minimum atomic E-state index is 0.990. The van der Waals surface area contributed by atoms with Crippen LogP contribution in [-0.4, -0.2) is 0 Å². The summed E-state index contributed by atoms with van der Waals surface area (Å²) in [7, 11) is 0. The molecule has 2 heteroatoms. The maximum atomic E-state index is 4.48. The van der Waals surface area contributed by atoms with Crippen LogP contribution in [0, 0.1) is 0 Å². The summed E-state index contributed by atoms with van der Waals surface area (Å²) in [4.78, 5) is 2.04. The van der Waals surface area contributed by atoms with Crippen LogP contribution in [0.15, 0.2) is 28.0 Å². The zero-order valence-electron chi connectivity index (χ0n) is 9.37. The molecule has 0 atom stereocenters. The summed E-state index contributed by atoms with van der Waals surface area (Å²) in [5, 5.41) is 0. The van der Waals surface area contributed by atoms with Gasteiger partial charge in [0.15, 0.2) is 0 Å². The van der Waals surface area contributed by atoms with Gasteiger partial charge in [-0.15, -0.1) is 25.3 Å². The van der Waals surface area contributed by atoms with E-state index in [1.54, 1.807) is 0 Å². The molecule has 1 aromatic rings. The molecule has 0 bridgehead atoms. The quantitative estimate of drug-likeness (QED) is 0.519. The molecule has 0 heterocycles. The van der Waals surface area contributed by atoms with E-state index in [9.17, 15) is 0 Å². The molecule has 0 N–H and O–H groups in total. The summed E-state index contributed by atoms with van der Waals surface area (Å²) < 4.78 is 0. The van der Waals surface area contributed by atoms with Crippen LogP contribution in [0.3, 0.4) is 0 Å². The summed E-state index contributed by atoms with van der Waals surface area (Å²) in [6.07, 6.45) is 7.77. The molecule has 84 valence electrons. The molecule has 0 saturated carbocycles. The molecule has 0 aliphatic heterocycles. The van der Waals surface area contributed by atoms with Gasteiger partial charge in [-0.2, -0.15) is 0 Å². The molecule has 0 aliphatic carbocycles. The minimum Gasteiger partial charge on any atom is -0.142 e. The first-order chi connectivity index (χ1) is 7.25. The fraction of sp³-hybridized carbons (Fsp3) is 0.538. The Labute approximate surface area is 104 Å². The third-order valence-corrected chi connectivity index (χ3v) is 3.73. The molecular weight excluding hydrogens is 220 g/mol. The highest BCUT2D eigenvalue weighted by Crippen LogP contribution is 2.23. The van der Waals surface area contributed by atoms with Crippen molar-refractivity contribution in [3.05, 3.63) is 23.8 Å². The zero-order chi connectivity index (χ0) is 11.1. The lowest BCUT2D eigenvalue weighted by Gasteiger charge is -2.06. The molecule has 1 rings (SSSR count). The van der Waals surface area contributed by atoms with Gasteiger partial charge < -0.3 is 0 Å². The van der Waals surface area contributed by atoms with Gasteiger partial charge in [0.1, 0.15) is 0 Å². The van der Waals surface area contributed by atoms with Gasteiger partial charge >= 0.3 is 0 Å². The average Bonchev–Trinajstić information content (AvgIpc) is 2.24. The first kappa shape index (κ1) is 13.0. The Hall–Kier alpha value is -0.0800. The SMILES string of the molecule is CCCCCCCc1cccc(S)c1S. The summed E-state index contributed by atoms with van der Waals surface area (Å²) in [5.41, 5.74) is 1.34. The van der Waals surface area contributed by atoms with Crippen LogP contribution >= 0.6 is 25.3 Å². The number of hydrogen-bond acceptors (Lipinski definition) is 2. The fourth-order valence-corrected chi connectivity index (χ4v) is 2.19. The van der Waals surface area contributed by atoms with Gasteiger partial charge in [-0.25, -0.2) is 0 Å². The van der Waals surface area contributed by atoms with E-state index in [-0.39, 0.29) is 0 Å². The second-order valence-electron chi connectivity index (χ2n) is 3.95. The van der Waals surface area contributed by atoms with Crippen LogP contribution in [0.2, 0.25) is 0 Å². The fourth-order valence-electron chi connectivity index (χ4n) is 1.70. The lowest BCUT2D eigenvalue weighted by Crippen LogP contribution is -1.89. The van der Waals surface area contributed by atoms with E-state index in [1.807, 2.05) is 6.07 Å². The van der Waals surface area contributed by atoms with E-state index in [1.165, 1.54) is 37.7 Å². The van der Waals surface area contributed by atoms with Crippen LogP contribution in [0.5, 0.6) is 0 Å². The Bertz CT molecular complexity index is 295. The Balaban J connectivity index is 2.34. The van der Waals surface area contributed by atoms with E-state index in [2.05, 4.69) is 44.3 Å². The molecule has 0 aliphatic rings. The topological polar surface area (TPSA) is 0 Å². The van der Waals surface area contributed by atoms with E-state index in [0.717, 1.165) is 16.2 Å². The second-order valence-corrected chi connectivity index (χ2v) is 4.88. The van der Waals surface area contributed by atoms with Crippen LogP contribution in [-0.2, 0) is 6.42 Å². The minimum absolute atomic E-state index is 0.990. The van der Waals surface area contributed by atoms with Crippen LogP contribution in [0.4, 0.5) is 0 Å². The lowest BCUT2D eigenvalue weighted by atomic mass is 10.1. The molecule has 0 spiro atoms. The maximum absolute atomic E-state index is 4.48.